The molecule has 7 heteroatoms. The molecule has 0 unspecified atom stereocenters. The standard InChI is InChI=1S/C20H15ClFN3O2/c1-12-18(9-15(10-23)19(26)17-7-8-27-13(17)2)20(21)25(24-12)11-14-3-5-16(22)6-4-14/h3-9H,11H2,1-2H3/b15-9+. The highest BCUT2D eigenvalue weighted by molar-refractivity contribution is 6.31. The molecule has 0 aliphatic rings. The number of ketones is 1. The summed E-state index contributed by atoms with van der Waals surface area (Å²) in [5.74, 6) is -0.321. The van der Waals surface area contributed by atoms with Crippen LogP contribution in [-0.2, 0) is 6.54 Å². The van der Waals surface area contributed by atoms with Crippen LogP contribution in [0.4, 0.5) is 4.39 Å². The Morgan fingerprint density at radius 1 is 1.33 bits per heavy atom. The average Bonchev–Trinajstić information content (AvgIpc) is 3.18. The van der Waals surface area contributed by atoms with Gasteiger partial charge in [0, 0.05) is 5.56 Å². The van der Waals surface area contributed by atoms with Crippen molar-refractivity contribution in [3.63, 3.8) is 0 Å². The minimum Gasteiger partial charge on any atom is -0.469 e. The molecule has 0 saturated heterocycles. The van der Waals surface area contributed by atoms with Crippen molar-refractivity contribution >= 4 is 23.5 Å². The molecule has 0 atom stereocenters. The fourth-order valence-electron chi connectivity index (χ4n) is 2.66. The maximum Gasteiger partial charge on any atom is 0.207 e. The number of halogens is 2. The lowest BCUT2D eigenvalue weighted by Gasteiger charge is -2.03. The van der Waals surface area contributed by atoms with Crippen molar-refractivity contribution in [3.8, 4) is 6.07 Å². The second-order valence-electron chi connectivity index (χ2n) is 5.96. The summed E-state index contributed by atoms with van der Waals surface area (Å²) in [5, 5.41) is 14.1. The number of furan rings is 1. The number of aryl methyl sites for hydroxylation is 2. The van der Waals surface area contributed by atoms with Gasteiger partial charge in [0.25, 0.3) is 0 Å². The number of nitriles is 1. The average molecular weight is 384 g/mol. The van der Waals surface area contributed by atoms with Gasteiger partial charge in [-0.15, -0.1) is 0 Å². The van der Waals surface area contributed by atoms with Crippen molar-refractivity contribution in [1.29, 1.82) is 5.26 Å². The van der Waals surface area contributed by atoms with Gasteiger partial charge < -0.3 is 4.42 Å². The highest BCUT2D eigenvalue weighted by atomic mass is 35.5. The molecular weight excluding hydrogens is 369 g/mol. The minimum atomic E-state index is -0.439. The predicted octanol–water partition coefficient (Wildman–Crippen LogP) is 4.72. The Kier molecular flexibility index (Phi) is 5.24. The third-order valence-corrected chi connectivity index (χ3v) is 4.51. The summed E-state index contributed by atoms with van der Waals surface area (Å²) >= 11 is 6.42. The first-order valence-corrected chi connectivity index (χ1v) is 8.46. The molecule has 3 rings (SSSR count). The number of benzene rings is 1. The molecule has 27 heavy (non-hydrogen) atoms. The van der Waals surface area contributed by atoms with E-state index in [4.69, 9.17) is 16.0 Å². The van der Waals surface area contributed by atoms with Crippen molar-refractivity contribution in [2.24, 2.45) is 0 Å². The second kappa shape index (κ2) is 7.60. The lowest BCUT2D eigenvalue weighted by molar-refractivity contribution is 0.103. The fraction of sp³-hybridized carbons (Fsp3) is 0.150. The van der Waals surface area contributed by atoms with E-state index in [0.717, 1.165) is 5.56 Å². The Morgan fingerprint density at radius 2 is 2.04 bits per heavy atom. The number of allylic oxidation sites excluding steroid dienone is 1. The summed E-state index contributed by atoms with van der Waals surface area (Å²) in [6, 6.07) is 9.45. The van der Waals surface area contributed by atoms with Gasteiger partial charge in [-0.05, 0) is 43.7 Å². The summed E-state index contributed by atoms with van der Waals surface area (Å²) in [6.45, 7) is 3.73. The summed E-state index contributed by atoms with van der Waals surface area (Å²) in [7, 11) is 0. The number of aromatic nitrogens is 2. The zero-order valence-electron chi connectivity index (χ0n) is 14.7. The van der Waals surface area contributed by atoms with E-state index in [2.05, 4.69) is 5.10 Å². The van der Waals surface area contributed by atoms with Gasteiger partial charge in [-0.1, -0.05) is 23.7 Å². The number of nitrogens with zero attached hydrogens (tertiary/aromatic N) is 3. The molecule has 0 bridgehead atoms. The molecule has 0 radical (unpaired) electrons. The molecule has 2 heterocycles. The smallest absolute Gasteiger partial charge is 0.207 e. The Bertz CT molecular complexity index is 1070. The van der Waals surface area contributed by atoms with Crippen LogP contribution in [0.2, 0.25) is 5.15 Å². The third kappa shape index (κ3) is 3.83. The summed E-state index contributed by atoms with van der Waals surface area (Å²) in [5.41, 5.74) is 2.15. The topological polar surface area (TPSA) is 71.8 Å². The van der Waals surface area contributed by atoms with Gasteiger partial charge >= 0.3 is 0 Å². The van der Waals surface area contributed by atoms with Gasteiger partial charge in [-0.3, -0.25) is 4.79 Å². The highest BCUT2D eigenvalue weighted by Crippen LogP contribution is 2.25. The van der Waals surface area contributed by atoms with Crippen LogP contribution in [-0.4, -0.2) is 15.6 Å². The van der Waals surface area contributed by atoms with Crippen LogP contribution in [0.5, 0.6) is 0 Å². The van der Waals surface area contributed by atoms with E-state index in [-0.39, 0.29) is 11.4 Å². The lowest BCUT2D eigenvalue weighted by atomic mass is 10.0. The zero-order valence-corrected chi connectivity index (χ0v) is 15.4. The van der Waals surface area contributed by atoms with Crippen molar-refractivity contribution in [1.82, 2.24) is 9.78 Å². The van der Waals surface area contributed by atoms with Crippen molar-refractivity contribution in [2.75, 3.05) is 0 Å². The summed E-state index contributed by atoms with van der Waals surface area (Å²) in [4.78, 5) is 12.6. The maximum absolute atomic E-state index is 13.1. The van der Waals surface area contributed by atoms with Crippen LogP contribution < -0.4 is 0 Å². The SMILES string of the molecule is Cc1nn(Cc2ccc(F)cc2)c(Cl)c1/C=C(\C#N)C(=O)c1ccoc1C. The Labute approximate surface area is 160 Å². The van der Waals surface area contributed by atoms with E-state index in [1.54, 1.807) is 30.7 Å². The first-order chi connectivity index (χ1) is 12.9. The number of carbonyl (C=O) groups excluding carboxylic acids is 1. The number of hydrogen-bond donors (Lipinski definition) is 0. The number of carbonyl (C=O) groups is 1. The molecule has 0 N–H and O–H groups in total. The summed E-state index contributed by atoms with van der Waals surface area (Å²) in [6.07, 6.45) is 2.83. The third-order valence-electron chi connectivity index (χ3n) is 4.11. The Morgan fingerprint density at radius 3 is 2.63 bits per heavy atom. The van der Waals surface area contributed by atoms with Gasteiger partial charge in [0.1, 0.15) is 28.4 Å². The molecule has 0 fully saturated rings. The molecule has 0 spiro atoms. The van der Waals surface area contributed by atoms with Gasteiger partial charge in [0.2, 0.25) is 5.78 Å². The fourth-order valence-corrected chi connectivity index (χ4v) is 2.95. The lowest BCUT2D eigenvalue weighted by Crippen LogP contribution is -2.03. The van der Waals surface area contributed by atoms with Gasteiger partial charge in [0.05, 0.1) is 24.1 Å². The van der Waals surface area contributed by atoms with Crippen molar-refractivity contribution in [3.05, 3.63) is 81.3 Å². The largest absolute Gasteiger partial charge is 0.469 e. The van der Waals surface area contributed by atoms with Crippen LogP contribution in [0.15, 0.2) is 46.6 Å². The second-order valence-corrected chi connectivity index (χ2v) is 6.32. The molecule has 0 saturated carbocycles. The minimum absolute atomic E-state index is 0.0640. The van der Waals surface area contributed by atoms with Crippen molar-refractivity contribution in [2.45, 2.75) is 20.4 Å². The van der Waals surface area contributed by atoms with Crippen LogP contribution in [0.1, 0.15) is 32.9 Å². The van der Waals surface area contributed by atoms with E-state index < -0.39 is 5.78 Å². The maximum atomic E-state index is 13.1. The first kappa shape index (κ1) is 18.6. The molecular formula is C20H15ClFN3O2. The molecule has 3 aromatic rings. The Hall–Kier alpha value is -3.17. The zero-order chi connectivity index (χ0) is 19.6. The molecule has 136 valence electrons. The molecule has 0 aliphatic heterocycles. The van der Waals surface area contributed by atoms with E-state index in [1.807, 2.05) is 6.07 Å². The quantitative estimate of drug-likeness (QED) is 0.363. The van der Waals surface area contributed by atoms with Crippen LogP contribution in [0.25, 0.3) is 6.08 Å². The van der Waals surface area contributed by atoms with Gasteiger partial charge in [0.15, 0.2) is 0 Å². The van der Waals surface area contributed by atoms with Crippen LogP contribution in [0.3, 0.4) is 0 Å². The number of Topliss-reactive ketones (excluding diaryl/α,β-unsaturated/α-hetero) is 1. The first-order valence-electron chi connectivity index (χ1n) is 8.08. The summed E-state index contributed by atoms with van der Waals surface area (Å²) < 4.78 is 19.7. The number of hydrogen-bond acceptors (Lipinski definition) is 4. The molecule has 5 nitrogen and oxygen atoms in total. The van der Waals surface area contributed by atoms with E-state index >= 15 is 0 Å². The van der Waals surface area contributed by atoms with Crippen LogP contribution >= 0.6 is 11.6 Å². The molecule has 1 aromatic carbocycles. The van der Waals surface area contributed by atoms with Crippen LogP contribution in [0, 0.1) is 31.0 Å². The van der Waals surface area contributed by atoms with E-state index in [0.29, 0.717) is 34.3 Å². The van der Waals surface area contributed by atoms with Crippen molar-refractivity contribution < 1.29 is 13.6 Å². The molecule has 2 aromatic heterocycles. The highest BCUT2D eigenvalue weighted by Gasteiger charge is 2.19. The monoisotopic (exact) mass is 383 g/mol. The normalized spacial score (nSPS) is 11.4. The van der Waals surface area contributed by atoms with E-state index in [9.17, 15) is 14.4 Å². The molecule has 0 amide bonds. The van der Waals surface area contributed by atoms with Gasteiger partial charge in [-0.2, -0.15) is 10.4 Å². The Balaban J connectivity index is 1.94. The molecule has 0 aliphatic carbocycles. The van der Waals surface area contributed by atoms with E-state index in [1.165, 1.54) is 30.5 Å². The van der Waals surface area contributed by atoms with Gasteiger partial charge in [-0.25, -0.2) is 9.07 Å². The number of rotatable bonds is 5. The predicted molar refractivity (Wildman–Crippen MR) is 98.8 cm³/mol.